The minimum Gasteiger partial charge on any atom is -0.351 e. The van der Waals surface area contributed by atoms with Gasteiger partial charge in [0.2, 0.25) is 5.91 Å². The van der Waals surface area contributed by atoms with Gasteiger partial charge in [-0.2, -0.15) is 0 Å². The average molecular weight is 416 g/mol. The van der Waals surface area contributed by atoms with E-state index >= 15 is 0 Å². The fourth-order valence-corrected chi connectivity index (χ4v) is 3.66. The number of rotatable bonds is 6. The highest BCUT2D eigenvalue weighted by atomic mass is 35.5. The standard InChI is InChI=1S/C17H14ClF3N3O2P/c18-14-4-2-1-3-13(14)15(16(25)23-11-6-17(20,21)7-11)24(27-26)12-5-10(19)8-22-9-12/h1-5,8-9,11,15H,6-7H2,(H,23,25)/t15-/m0/s1. The van der Waals surface area contributed by atoms with Gasteiger partial charge in [0.25, 0.3) is 14.5 Å². The van der Waals surface area contributed by atoms with Crippen LogP contribution in [-0.4, -0.2) is 22.9 Å². The molecule has 1 fully saturated rings. The highest BCUT2D eigenvalue weighted by Gasteiger charge is 2.47. The van der Waals surface area contributed by atoms with Crippen molar-refractivity contribution in [3.63, 3.8) is 0 Å². The molecule has 1 aromatic heterocycles. The van der Waals surface area contributed by atoms with Gasteiger partial charge < -0.3 is 5.32 Å². The predicted molar refractivity (Wildman–Crippen MR) is 94.6 cm³/mol. The Bertz CT molecular complexity index is 863. The summed E-state index contributed by atoms with van der Waals surface area (Å²) in [5.74, 6) is -4.16. The van der Waals surface area contributed by atoms with E-state index in [9.17, 15) is 22.5 Å². The predicted octanol–water partition coefficient (Wildman–Crippen LogP) is 4.54. The van der Waals surface area contributed by atoms with Gasteiger partial charge in [0.05, 0.1) is 18.1 Å². The maximum absolute atomic E-state index is 13.6. The third kappa shape index (κ3) is 4.39. The lowest BCUT2D eigenvalue weighted by atomic mass is 9.88. The van der Waals surface area contributed by atoms with Crippen LogP contribution in [-0.2, 0) is 9.36 Å². The molecule has 1 aliphatic carbocycles. The van der Waals surface area contributed by atoms with Gasteiger partial charge in [-0.1, -0.05) is 29.8 Å². The van der Waals surface area contributed by atoms with Crippen LogP contribution in [0.15, 0.2) is 42.7 Å². The fraction of sp³-hybridized carbons (Fsp3) is 0.294. The van der Waals surface area contributed by atoms with Crippen LogP contribution in [0.25, 0.3) is 0 Å². The Morgan fingerprint density at radius 2 is 2.04 bits per heavy atom. The van der Waals surface area contributed by atoms with E-state index < -0.39 is 51.2 Å². The summed E-state index contributed by atoms with van der Waals surface area (Å²) in [4.78, 5) is 16.5. The van der Waals surface area contributed by atoms with Crippen molar-refractivity contribution < 1.29 is 22.5 Å². The largest absolute Gasteiger partial charge is 0.351 e. The molecule has 1 heterocycles. The van der Waals surface area contributed by atoms with Crippen LogP contribution < -0.4 is 9.99 Å². The Hall–Kier alpha value is -2.18. The summed E-state index contributed by atoms with van der Waals surface area (Å²) in [6.45, 7) is 0. The first-order valence-corrected chi connectivity index (χ1v) is 9.11. The topological polar surface area (TPSA) is 62.3 Å². The van der Waals surface area contributed by atoms with Crippen LogP contribution in [0.3, 0.4) is 0 Å². The number of halogens is 4. The fourth-order valence-electron chi connectivity index (χ4n) is 2.89. The van der Waals surface area contributed by atoms with Crippen LogP contribution in [0.1, 0.15) is 24.4 Å². The zero-order chi connectivity index (χ0) is 19.6. The number of nitrogens with zero attached hydrogens (tertiary/aromatic N) is 2. The summed E-state index contributed by atoms with van der Waals surface area (Å²) < 4.78 is 52.6. The van der Waals surface area contributed by atoms with Crippen molar-refractivity contribution in [1.82, 2.24) is 10.3 Å². The number of nitrogens with one attached hydrogen (secondary N) is 1. The molecule has 1 saturated carbocycles. The molecule has 3 rings (SSSR count). The van der Waals surface area contributed by atoms with E-state index in [1.165, 1.54) is 6.20 Å². The maximum atomic E-state index is 13.6. The van der Waals surface area contributed by atoms with E-state index in [1.54, 1.807) is 24.3 Å². The van der Waals surface area contributed by atoms with Crippen molar-refractivity contribution in [2.24, 2.45) is 0 Å². The molecule has 1 aromatic carbocycles. The molecule has 1 amide bonds. The molecule has 142 valence electrons. The number of anilines is 1. The Morgan fingerprint density at radius 3 is 2.63 bits per heavy atom. The minimum atomic E-state index is -2.80. The summed E-state index contributed by atoms with van der Waals surface area (Å²) in [6.07, 6.45) is 1.27. The number of carbonyl (C=O) groups is 1. The van der Waals surface area contributed by atoms with Gasteiger partial charge >= 0.3 is 0 Å². The number of hydrogen-bond acceptors (Lipinski definition) is 3. The summed E-state index contributed by atoms with van der Waals surface area (Å²) in [7, 11) is -0.618. The lowest BCUT2D eigenvalue weighted by molar-refractivity contribution is -0.130. The number of benzene rings is 1. The molecule has 10 heteroatoms. The number of aromatic nitrogens is 1. The average Bonchev–Trinajstić information content (AvgIpc) is 2.58. The van der Waals surface area contributed by atoms with E-state index in [0.29, 0.717) is 5.56 Å². The van der Waals surface area contributed by atoms with E-state index in [1.807, 2.05) is 0 Å². The number of alkyl halides is 2. The second-order valence-corrected chi connectivity index (χ2v) is 7.18. The van der Waals surface area contributed by atoms with Crippen LogP contribution in [0, 0.1) is 5.82 Å². The zero-order valence-electron chi connectivity index (χ0n) is 13.8. The summed E-state index contributed by atoms with van der Waals surface area (Å²) in [6, 6.07) is 5.50. The van der Waals surface area contributed by atoms with Crippen molar-refractivity contribution in [2.75, 3.05) is 4.67 Å². The lowest BCUT2D eigenvalue weighted by Gasteiger charge is -2.37. The molecule has 1 atom stereocenters. The van der Waals surface area contributed by atoms with E-state index in [4.69, 9.17) is 11.6 Å². The van der Waals surface area contributed by atoms with Gasteiger partial charge in [-0.05, 0) is 6.07 Å². The second kappa shape index (κ2) is 7.82. The van der Waals surface area contributed by atoms with E-state index in [2.05, 4.69) is 10.3 Å². The summed E-state index contributed by atoms with van der Waals surface area (Å²) in [5, 5.41) is 2.74. The molecule has 0 aliphatic heterocycles. The molecule has 2 aromatic rings. The third-order valence-corrected chi connectivity index (χ3v) is 5.15. The molecule has 0 bridgehead atoms. The van der Waals surface area contributed by atoms with Crippen molar-refractivity contribution in [3.8, 4) is 0 Å². The molecular formula is C17H14ClF3N3O2P. The monoisotopic (exact) mass is 415 g/mol. The van der Waals surface area contributed by atoms with Gasteiger partial charge in [-0.15, -0.1) is 0 Å². The molecule has 0 radical (unpaired) electrons. The number of hydrogen-bond donors (Lipinski definition) is 1. The highest BCUT2D eigenvalue weighted by molar-refractivity contribution is 7.26. The lowest BCUT2D eigenvalue weighted by Crippen LogP contribution is -2.52. The molecule has 0 spiro atoms. The first-order chi connectivity index (χ1) is 12.8. The van der Waals surface area contributed by atoms with Crippen molar-refractivity contribution in [3.05, 3.63) is 59.1 Å². The van der Waals surface area contributed by atoms with Gasteiger partial charge in [0.15, 0.2) is 0 Å². The number of pyridine rings is 1. The van der Waals surface area contributed by atoms with Crippen molar-refractivity contribution >= 4 is 31.8 Å². The SMILES string of the molecule is O=PN(c1cncc(F)c1)[C@H](C(=O)NC1CC(F)(F)C1)c1ccccc1Cl. The molecule has 27 heavy (non-hydrogen) atoms. The summed E-state index contributed by atoms with van der Waals surface area (Å²) >= 11 is 6.19. The highest BCUT2D eigenvalue weighted by Crippen LogP contribution is 2.39. The number of amides is 1. The second-order valence-electron chi connectivity index (χ2n) is 6.18. The molecule has 1 N–H and O–H groups in total. The Kier molecular flexibility index (Phi) is 5.67. The van der Waals surface area contributed by atoms with Gasteiger partial charge in [-0.25, -0.2) is 17.7 Å². The normalized spacial score (nSPS) is 17.2. The molecule has 5 nitrogen and oxygen atoms in total. The van der Waals surface area contributed by atoms with Gasteiger partial charge in [0.1, 0.15) is 11.9 Å². The van der Waals surface area contributed by atoms with Gasteiger partial charge in [0, 0.05) is 35.5 Å². The quantitative estimate of drug-likeness (QED) is 0.703. The molecule has 0 saturated heterocycles. The van der Waals surface area contributed by atoms with Crippen LogP contribution >= 0.6 is 20.2 Å². The third-order valence-electron chi connectivity index (χ3n) is 4.17. The van der Waals surface area contributed by atoms with E-state index in [0.717, 1.165) is 16.9 Å². The maximum Gasteiger partial charge on any atom is 0.283 e. The summed E-state index contributed by atoms with van der Waals surface area (Å²) in [5.41, 5.74) is 0.376. The van der Waals surface area contributed by atoms with Crippen LogP contribution in [0.5, 0.6) is 0 Å². The Balaban J connectivity index is 1.95. The van der Waals surface area contributed by atoms with Crippen LogP contribution in [0.2, 0.25) is 5.02 Å². The zero-order valence-corrected chi connectivity index (χ0v) is 15.4. The van der Waals surface area contributed by atoms with Crippen molar-refractivity contribution in [1.29, 1.82) is 0 Å². The Labute approximate surface area is 159 Å². The Morgan fingerprint density at radius 1 is 1.33 bits per heavy atom. The van der Waals surface area contributed by atoms with Gasteiger partial charge in [-0.3, -0.25) is 14.4 Å². The minimum absolute atomic E-state index is 0.0747. The molecular weight excluding hydrogens is 402 g/mol. The van der Waals surface area contributed by atoms with E-state index in [-0.39, 0.29) is 10.7 Å². The molecule has 0 unspecified atom stereocenters. The smallest absolute Gasteiger partial charge is 0.283 e. The number of carbonyl (C=O) groups excluding carboxylic acids is 1. The first kappa shape index (κ1) is 19.6. The van der Waals surface area contributed by atoms with Crippen LogP contribution in [0.4, 0.5) is 18.9 Å². The molecule has 1 aliphatic rings. The first-order valence-electron chi connectivity index (χ1n) is 7.96. The van der Waals surface area contributed by atoms with Crippen molar-refractivity contribution in [2.45, 2.75) is 30.8 Å².